The zero-order valence-electron chi connectivity index (χ0n) is 11.9. The molecular weight excluding hydrogens is 257 g/mol. The highest BCUT2D eigenvalue weighted by molar-refractivity contribution is 5.18. The van der Waals surface area contributed by atoms with E-state index in [9.17, 15) is 4.39 Å². The third-order valence-electron chi connectivity index (χ3n) is 3.47. The van der Waals surface area contributed by atoms with Gasteiger partial charge in [0.25, 0.3) is 0 Å². The van der Waals surface area contributed by atoms with Gasteiger partial charge in [0, 0.05) is 13.0 Å². The lowest BCUT2D eigenvalue weighted by molar-refractivity contribution is 0.388. The first-order valence-electron chi connectivity index (χ1n) is 6.86. The Labute approximate surface area is 118 Å². The van der Waals surface area contributed by atoms with Crippen molar-refractivity contribution in [2.45, 2.75) is 45.2 Å². The first kappa shape index (κ1) is 14.6. The molecule has 2 aromatic rings. The van der Waals surface area contributed by atoms with Crippen LogP contribution in [-0.4, -0.2) is 19.7 Å². The zero-order valence-corrected chi connectivity index (χ0v) is 11.9. The molecule has 0 saturated heterocycles. The molecule has 0 spiro atoms. The highest BCUT2D eigenvalue weighted by Gasteiger charge is 2.29. The molecule has 108 valence electrons. The number of aromatic nitrogens is 4. The zero-order chi connectivity index (χ0) is 14.6. The third kappa shape index (κ3) is 3.01. The Morgan fingerprint density at radius 2 is 2.10 bits per heavy atom. The molecule has 2 aromatic heterocycles. The summed E-state index contributed by atoms with van der Waals surface area (Å²) in [6.45, 7) is 4.89. The van der Waals surface area contributed by atoms with Crippen LogP contribution in [0.4, 0.5) is 4.39 Å². The van der Waals surface area contributed by atoms with Gasteiger partial charge in [-0.15, -0.1) is 0 Å². The summed E-state index contributed by atoms with van der Waals surface area (Å²) in [7, 11) is 0. The molecule has 0 radical (unpaired) electrons. The Bertz CT molecular complexity index is 551. The lowest BCUT2D eigenvalue weighted by atomic mass is 9.88. The number of hydrogen-bond donors (Lipinski definition) is 1. The summed E-state index contributed by atoms with van der Waals surface area (Å²) in [5.41, 5.74) is 6.47. The van der Waals surface area contributed by atoms with Gasteiger partial charge in [-0.25, -0.2) is 9.37 Å². The summed E-state index contributed by atoms with van der Waals surface area (Å²) in [5, 5.41) is 4.20. The second-order valence-corrected chi connectivity index (χ2v) is 4.95. The van der Waals surface area contributed by atoms with E-state index in [1.54, 1.807) is 12.4 Å². The van der Waals surface area contributed by atoms with Gasteiger partial charge in [0.15, 0.2) is 0 Å². The molecule has 0 saturated carbocycles. The summed E-state index contributed by atoms with van der Waals surface area (Å²) in [5.74, 6) is 0.476. The number of rotatable bonds is 6. The van der Waals surface area contributed by atoms with Crippen molar-refractivity contribution in [3.05, 3.63) is 42.0 Å². The monoisotopic (exact) mass is 277 g/mol. The fraction of sp³-hybridized carbons (Fsp3) is 0.500. The van der Waals surface area contributed by atoms with Crippen molar-refractivity contribution < 1.29 is 4.39 Å². The largest absolute Gasteiger partial charge is 0.320 e. The molecule has 1 unspecified atom stereocenters. The normalized spacial score (nSPS) is 14.2. The van der Waals surface area contributed by atoms with Gasteiger partial charge in [-0.2, -0.15) is 5.10 Å². The third-order valence-corrected chi connectivity index (χ3v) is 3.47. The van der Waals surface area contributed by atoms with Crippen LogP contribution in [0.1, 0.15) is 38.2 Å². The van der Waals surface area contributed by atoms with Gasteiger partial charge in [-0.05, 0) is 25.0 Å². The van der Waals surface area contributed by atoms with Crippen molar-refractivity contribution in [1.29, 1.82) is 0 Å². The number of aryl methyl sites for hydroxylation is 1. The molecule has 0 aromatic carbocycles. The average Bonchev–Trinajstić information content (AvgIpc) is 2.87. The summed E-state index contributed by atoms with van der Waals surface area (Å²) < 4.78 is 14.9. The van der Waals surface area contributed by atoms with Gasteiger partial charge in [-0.1, -0.05) is 13.8 Å². The molecule has 0 aliphatic heterocycles. The molecule has 0 aliphatic carbocycles. The first-order chi connectivity index (χ1) is 9.59. The number of halogens is 1. The average molecular weight is 277 g/mol. The van der Waals surface area contributed by atoms with E-state index in [1.165, 1.54) is 12.3 Å². The second-order valence-electron chi connectivity index (χ2n) is 4.95. The highest BCUT2D eigenvalue weighted by Crippen LogP contribution is 2.24. The molecule has 0 bridgehead atoms. The molecule has 0 aliphatic rings. The predicted octanol–water partition coefficient (Wildman–Crippen LogP) is 2.03. The molecule has 2 N–H and O–H groups in total. The Kier molecular flexibility index (Phi) is 4.44. The SMILES string of the molecule is CCCn1ncnc1CC(N)(CC)c1ccc(F)cn1. The summed E-state index contributed by atoms with van der Waals surface area (Å²) in [6, 6.07) is 3.02. The van der Waals surface area contributed by atoms with Crippen molar-refractivity contribution in [3.63, 3.8) is 0 Å². The molecule has 0 amide bonds. The van der Waals surface area contributed by atoms with Crippen LogP contribution in [0.3, 0.4) is 0 Å². The number of nitrogens with zero attached hydrogens (tertiary/aromatic N) is 4. The Balaban J connectivity index is 2.26. The van der Waals surface area contributed by atoms with Crippen molar-refractivity contribution in [2.24, 2.45) is 5.73 Å². The Morgan fingerprint density at radius 3 is 2.70 bits per heavy atom. The lowest BCUT2D eigenvalue weighted by Gasteiger charge is -2.27. The maximum atomic E-state index is 13.0. The summed E-state index contributed by atoms with van der Waals surface area (Å²) in [6.07, 6.45) is 4.93. The van der Waals surface area contributed by atoms with Crippen LogP contribution >= 0.6 is 0 Å². The van der Waals surface area contributed by atoms with Crippen LogP contribution in [-0.2, 0) is 18.5 Å². The molecular formula is C14H20FN5. The minimum absolute atomic E-state index is 0.360. The van der Waals surface area contributed by atoms with Gasteiger partial charge < -0.3 is 5.73 Å². The van der Waals surface area contributed by atoms with Crippen LogP contribution in [0.5, 0.6) is 0 Å². The topological polar surface area (TPSA) is 69.6 Å². The van der Waals surface area contributed by atoms with Crippen molar-refractivity contribution in [2.75, 3.05) is 0 Å². The van der Waals surface area contributed by atoms with Gasteiger partial charge in [0.2, 0.25) is 0 Å². The van der Waals surface area contributed by atoms with Crippen LogP contribution in [0.15, 0.2) is 24.7 Å². The van der Waals surface area contributed by atoms with Crippen molar-refractivity contribution in [3.8, 4) is 0 Å². The smallest absolute Gasteiger partial charge is 0.141 e. The minimum Gasteiger partial charge on any atom is -0.320 e. The van der Waals surface area contributed by atoms with Gasteiger partial charge in [0.1, 0.15) is 18.0 Å². The quantitative estimate of drug-likeness (QED) is 0.877. The molecule has 20 heavy (non-hydrogen) atoms. The van der Waals surface area contributed by atoms with E-state index >= 15 is 0 Å². The molecule has 2 heterocycles. The van der Waals surface area contributed by atoms with Crippen molar-refractivity contribution >= 4 is 0 Å². The second kappa shape index (κ2) is 6.09. The first-order valence-corrected chi connectivity index (χ1v) is 6.86. The number of nitrogens with two attached hydrogens (primary N) is 1. The number of pyridine rings is 1. The van der Waals surface area contributed by atoms with Crippen LogP contribution in [0.2, 0.25) is 0 Å². The van der Waals surface area contributed by atoms with Gasteiger partial charge >= 0.3 is 0 Å². The van der Waals surface area contributed by atoms with Crippen LogP contribution < -0.4 is 5.73 Å². The fourth-order valence-electron chi connectivity index (χ4n) is 2.17. The van der Waals surface area contributed by atoms with E-state index in [2.05, 4.69) is 22.0 Å². The van der Waals surface area contributed by atoms with E-state index in [0.717, 1.165) is 18.8 Å². The van der Waals surface area contributed by atoms with Crippen LogP contribution in [0.25, 0.3) is 0 Å². The molecule has 0 fully saturated rings. The fourth-order valence-corrected chi connectivity index (χ4v) is 2.17. The Hall–Kier alpha value is -1.82. The maximum Gasteiger partial charge on any atom is 0.141 e. The van der Waals surface area contributed by atoms with Gasteiger partial charge in [-0.3, -0.25) is 9.67 Å². The van der Waals surface area contributed by atoms with Crippen molar-refractivity contribution in [1.82, 2.24) is 19.7 Å². The van der Waals surface area contributed by atoms with E-state index in [1.807, 2.05) is 11.6 Å². The van der Waals surface area contributed by atoms with Gasteiger partial charge in [0.05, 0.1) is 17.4 Å². The maximum absolute atomic E-state index is 13.0. The standard InChI is InChI=1S/C14H20FN5/c1-3-7-20-13(18-10-19-20)8-14(16,4-2)12-6-5-11(15)9-17-12/h5-6,9-10H,3-4,7-8,16H2,1-2H3. The highest BCUT2D eigenvalue weighted by atomic mass is 19.1. The summed E-state index contributed by atoms with van der Waals surface area (Å²) >= 11 is 0. The van der Waals surface area contributed by atoms with Crippen LogP contribution in [0, 0.1) is 5.82 Å². The predicted molar refractivity (Wildman–Crippen MR) is 74.4 cm³/mol. The molecule has 6 heteroatoms. The molecule has 2 rings (SSSR count). The van der Waals surface area contributed by atoms with E-state index in [0.29, 0.717) is 18.5 Å². The minimum atomic E-state index is -0.660. The van der Waals surface area contributed by atoms with E-state index in [4.69, 9.17) is 5.73 Å². The Morgan fingerprint density at radius 1 is 1.30 bits per heavy atom. The molecule has 5 nitrogen and oxygen atoms in total. The lowest BCUT2D eigenvalue weighted by Crippen LogP contribution is -2.40. The summed E-state index contributed by atoms with van der Waals surface area (Å²) in [4.78, 5) is 8.40. The number of hydrogen-bond acceptors (Lipinski definition) is 4. The molecule has 1 atom stereocenters. The van der Waals surface area contributed by atoms with E-state index in [-0.39, 0.29) is 5.82 Å². The van der Waals surface area contributed by atoms with E-state index < -0.39 is 5.54 Å².